The number of ether oxygens (including phenoxy) is 2. The fourth-order valence-corrected chi connectivity index (χ4v) is 3.44. The second-order valence-corrected chi connectivity index (χ2v) is 6.57. The summed E-state index contributed by atoms with van der Waals surface area (Å²) in [4.78, 5) is 7.91. The molecule has 9 heteroatoms. The zero-order valence-electron chi connectivity index (χ0n) is 12.1. The molecule has 21 heavy (non-hydrogen) atoms. The lowest BCUT2D eigenvalue weighted by molar-refractivity contribution is 0.373. The Morgan fingerprint density at radius 2 is 1.95 bits per heavy atom. The summed E-state index contributed by atoms with van der Waals surface area (Å²) in [5.74, 6) is 0.406. The molecule has 0 amide bonds. The third kappa shape index (κ3) is 4.71. The zero-order valence-corrected chi connectivity index (χ0v) is 12.9. The van der Waals surface area contributed by atoms with Gasteiger partial charge in [0.05, 0.1) is 26.0 Å². The van der Waals surface area contributed by atoms with Gasteiger partial charge in [0.2, 0.25) is 27.7 Å². The number of methoxy groups -OCH3 is 2. The maximum atomic E-state index is 12.2. The maximum Gasteiger partial charge on any atom is 0.243 e. The summed E-state index contributed by atoms with van der Waals surface area (Å²) in [6, 6.07) is 1.43. The number of rotatable bonds is 6. The Hall–Kier alpha value is -1.61. The molecule has 0 aromatic carbocycles. The summed E-state index contributed by atoms with van der Waals surface area (Å²) in [5, 5.41) is 3.20. The van der Waals surface area contributed by atoms with Crippen molar-refractivity contribution in [2.24, 2.45) is 0 Å². The standard InChI is InChI=1S/C12H20N4O4S/c1-19-10-7-11(20-2)15-12(14-10)16-21(17,18)8-9-5-3-4-6-13-9/h7,9,13H,3-6,8H2,1-2H3,(H,14,15,16). The van der Waals surface area contributed by atoms with Crippen molar-refractivity contribution < 1.29 is 17.9 Å². The second kappa shape index (κ2) is 6.90. The van der Waals surface area contributed by atoms with Crippen molar-refractivity contribution >= 4 is 16.0 Å². The van der Waals surface area contributed by atoms with Crippen LogP contribution < -0.4 is 19.5 Å². The van der Waals surface area contributed by atoms with E-state index >= 15 is 0 Å². The Bertz CT molecular complexity index is 550. The van der Waals surface area contributed by atoms with E-state index in [2.05, 4.69) is 20.0 Å². The first-order valence-electron chi connectivity index (χ1n) is 6.73. The van der Waals surface area contributed by atoms with Gasteiger partial charge in [-0.25, -0.2) is 8.42 Å². The lowest BCUT2D eigenvalue weighted by Crippen LogP contribution is -2.40. The number of aromatic nitrogens is 2. The molecule has 1 atom stereocenters. The molecule has 1 aromatic heterocycles. The highest BCUT2D eigenvalue weighted by Gasteiger charge is 2.22. The minimum absolute atomic E-state index is 0.00408. The van der Waals surface area contributed by atoms with Crippen molar-refractivity contribution in [2.45, 2.75) is 25.3 Å². The molecule has 0 bridgehead atoms. The predicted molar refractivity (Wildman–Crippen MR) is 78.2 cm³/mol. The van der Waals surface area contributed by atoms with Crippen molar-refractivity contribution in [2.75, 3.05) is 31.2 Å². The molecule has 0 radical (unpaired) electrons. The molecular weight excluding hydrogens is 296 g/mol. The zero-order chi connectivity index (χ0) is 15.3. The van der Waals surface area contributed by atoms with Gasteiger partial charge in [-0.1, -0.05) is 6.42 Å². The molecule has 1 fully saturated rings. The number of nitrogens with zero attached hydrogens (tertiary/aromatic N) is 2. The first-order chi connectivity index (χ1) is 10.0. The van der Waals surface area contributed by atoms with Crippen LogP contribution >= 0.6 is 0 Å². The van der Waals surface area contributed by atoms with E-state index in [1.54, 1.807) is 0 Å². The first kappa shape index (κ1) is 15.8. The van der Waals surface area contributed by atoms with Gasteiger partial charge in [0.25, 0.3) is 0 Å². The van der Waals surface area contributed by atoms with Gasteiger partial charge in [-0.2, -0.15) is 9.97 Å². The molecule has 1 unspecified atom stereocenters. The van der Waals surface area contributed by atoms with E-state index < -0.39 is 10.0 Å². The third-order valence-electron chi connectivity index (χ3n) is 3.18. The molecule has 2 N–H and O–H groups in total. The van der Waals surface area contributed by atoms with Gasteiger partial charge >= 0.3 is 0 Å². The number of hydrogen-bond acceptors (Lipinski definition) is 7. The Labute approximate surface area is 124 Å². The highest BCUT2D eigenvalue weighted by atomic mass is 32.2. The van der Waals surface area contributed by atoms with E-state index in [-0.39, 0.29) is 29.5 Å². The van der Waals surface area contributed by atoms with Crippen LogP contribution in [0.4, 0.5) is 5.95 Å². The maximum absolute atomic E-state index is 12.2. The van der Waals surface area contributed by atoms with Gasteiger partial charge in [-0.05, 0) is 19.4 Å². The van der Waals surface area contributed by atoms with Crippen LogP contribution in [0.15, 0.2) is 6.07 Å². The molecule has 0 spiro atoms. The van der Waals surface area contributed by atoms with Crippen LogP contribution in [0.2, 0.25) is 0 Å². The van der Waals surface area contributed by atoms with E-state index in [0.717, 1.165) is 25.8 Å². The van der Waals surface area contributed by atoms with Crippen LogP contribution in [0, 0.1) is 0 Å². The van der Waals surface area contributed by atoms with Crippen molar-refractivity contribution in [1.82, 2.24) is 15.3 Å². The molecule has 0 saturated carbocycles. The number of anilines is 1. The smallest absolute Gasteiger partial charge is 0.243 e. The van der Waals surface area contributed by atoms with Gasteiger partial charge in [0, 0.05) is 6.04 Å². The molecule has 118 valence electrons. The van der Waals surface area contributed by atoms with E-state index in [1.165, 1.54) is 20.3 Å². The van der Waals surface area contributed by atoms with Crippen molar-refractivity contribution in [3.8, 4) is 11.8 Å². The van der Waals surface area contributed by atoms with Crippen LogP contribution in [0.5, 0.6) is 11.8 Å². The summed E-state index contributed by atoms with van der Waals surface area (Å²) in [7, 11) is -0.660. The molecule has 2 heterocycles. The van der Waals surface area contributed by atoms with E-state index in [4.69, 9.17) is 9.47 Å². The van der Waals surface area contributed by atoms with Gasteiger partial charge in [0.1, 0.15) is 0 Å². The van der Waals surface area contributed by atoms with Crippen LogP contribution in [-0.4, -0.2) is 50.9 Å². The Balaban J connectivity index is 2.08. The average molecular weight is 316 g/mol. The van der Waals surface area contributed by atoms with E-state index in [1.807, 2.05) is 0 Å². The topological polar surface area (TPSA) is 102 Å². The third-order valence-corrected chi connectivity index (χ3v) is 4.51. The van der Waals surface area contributed by atoms with E-state index in [9.17, 15) is 8.42 Å². The lowest BCUT2D eigenvalue weighted by Gasteiger charge is -2.23. The van der Waals surface area contributed by atoms with E-state index in [0.29, 0.717) is 0 Å². The second-order valence-electron chi connectivity index (χ2n) is 4.81. The minimum atomic E-state index is -3.53. The molecule has 1 saturated heterocycles. The van der Waals surface area contributed by atoms with Crippen LogP contribution in [-0.2, 0) is 10.0 Å². The SMILES string of the molecule is COc1cc(OC)nc(NS(=O)(=O)CC2CCCCN2)n1. The summed E-state index contributed by atoms with van der Waals surface area (Å²) in [6.07, 6.45) is 2.97. The number of nitrogens with one attached hydrogen (secondary N) is 2. The molecule has 2 rings (SSSR count). The van der Waals surface area contributed by atoms with Gasteiger partial charge < -0.3 is 14.8 Å². The molecule has 8 nitrogen and oxygen atoms in total. The number of hydrogen-bond donors (Lipinski definition) is 2. The van der Waals surface area contributed by atoms with Crippen molar-refractivity contribution in [3.63, 3.8) is 0 Å². The normalized spacial score (nSPS) is 19.0. The van der Waals surface area contributed by atoms with Gasteiger partial charge in [-0.15, -0.1) is 0 Å². The largest absolute Gasteiger partial charge is 0.481 e. The summed E-state index contributed by atoms with van der Waals surface area (Å²) >= 11 is 0. The Morgan fingerprint density at radius 1 is 1.29 bits per heavy atom. The minimum Gasteiger partial charge on any atom is -0.481 e. The first-order valence-corrected chi connectivity index (χ1v) is 8.38. The highest BCUT2D eigenvalue weighted by Crippen LogP contribution is 2.18. The highest BCUT2D eigenvalue weighted by molar-refractivity contribution is 7.92. The molecule has 1 aliphatic rings. The fraction of sp³-hybridized carbons (Fsp3) is 0.667. The van der Waals surface area contributed by atoms with Gasteiger partial charge in [-0.3, -0.25) is 4.72 Å². The summed E-state index contributed by atoms with van der Waals surface area (Å²) < 4.78 is 36.6. The van der Waals surface area contributed by atoms with Crippen molar-refractivity contribution in [1.29, 1.82) is 0 Å². The van der Waals surface area contributed by atoms with Crippen LogP contribution in [0.1, 0.15) is 19.3 Å². The van der Waals surface area contributed by atoms with Gasteiger partial charge in [0.15, 0.2) is 0 Å². The number of piperidine rings is 1. The summed E-state index contributed by atoms with van der Waals surface area (Å²) in [6.45, 7) is 0.851. The monoisotopic (exact) mass is 316 g/mol. The number of sulfonamides is 1. The Morgan fingerprint density at radius 3 is 2.48 bits per heavy atom. The van der Waals surface area contributed by atoms with Crippen LogP contribution in [0.3, 0.4) is 0 Å². The summed E-state index contributed by atoms with van der Waals surface area (Å²) in [5.41, 5.74) is 0. The molecule has 1 aliphatic heterocycles. The average Bonchev–Trinajstić information content (AvgIpc) is 2.46. The molecular formula is C12H20N4O4S. The fourth-order valence-electron chi connectivity index (χ4n) is 2.17. The Kier molecular flexibility index (Phi) is 5.18. The van der Waals surface area contributed by atoms with Crippen LogP contribution in [0.25, 0.3) is 0 Å². The quantitative estimate of drug-likeness (QED) is 0.782. The van der Waals surface area contributed by atoms with Crippen molar-refractivity contribution in [3.05, 3.63) is 6.07 Å². The molecule has 1 aromatic rings. The lowest BCUT2D eigenvalue weighted by atomic mass is 10.1. The molecule has 0 aliphatic carbocycles. The predicted octanol–water partition coefficient (Wildman–Crippen LogP) is 0.378.